The van der Waals surface area contributed by atoms with Crippen LogP contribution in [0, 0.1) is 0 Å². The first-order valence-corrected chi connectivity index (χ1v) is 21.8. The lowest BCUT2D eigenvalue weighted by atomic mass is 10.1. The maximum Gasteiger partial charge on any atom is 0.472 e. The molecule has 0 aliphatic heterocycles. The van der Waals surface area contributed by atoms with Gasteiger partial charge < -0.3 is 25.2 Å². The van der Waals surface area contributed by atoms with Crippen molar-refractivity contribution in [3.63, 3.8) is 0 Å². The van der Waals surface area contributed by atoms with E-state index in [0.717, 1.165) is 32.1 Å². The summed E-state index contributed by atoms with van der Waals surface area (Å²) in [6.45, 7) is 2.65. The molecule has 12 heteroatoms. The van der Waals surface area contributed by atoms with E-state index < -0.39 is 57.7 Å². The minimum atomic E-state index is -4.74. The molecule has 2 unspecified atom stereocenters. The number of carbonyl (C=O) groups is 3. The van der Waals surface area contributed by atoms with Gasteiger partial charge in [0.1, 0.15) is 12.6 Å². The lowest BCUT2D eigenvalue weighted by molar-refractivity contribution is -0.161. The first kappa shape index (κ1) is 51.2. The van der Waals surface area contributed by atoms with E-state index >= 15 is 0 Å². The minimum absolute atomic E-state index is 0.0423. The third-order valence-corrected chi connectivity index (χ3v) is 9.20. The Bertz CT molecular complexity index is 1150. The molecule has 3 atom stereocenters. The quantitative estimate of drug-likeness (QED) is 0.0237. The van der Waals surface area contributed by atoms with Crippen LogP contribution in [0.15, 0.2) is 60.8 Å². The second kappa shape index (κ2) is 37.1. The van der Waals surface area contributed by atoms with Crippen molar-refractivity contribution in [1.82, 2.24) is 0 Å². The van der Waals surface area contributed by atoms with Crippen molar-refractivity contribution in [3.05, 3.63) is 60.8 Å². The maximum atomic E-state index is 12.5. The normalized spacial score (nSPS) is 14.4. The first-order valence-electron chi connectivity index (χ1n) is 20.3. The molecule has 0 aromatic rings. The summed E-state index contributed by atoms with van der Waals surface area (Å²) in [5, 5.41) is 8.86. The molecule has 0 bridgehead atoms. The summed E-state index contributed by atoms with van der Waals surface area (Å²) in [7, 11) is -4.74. The fourth-order valence-electron chi connectivity index (χ4n) is 5.01. The molecular weight excluding hydrogens is 709 g/mol. The summed E-state index contributed by atoms with van der Waals surface area (Å²) in [5.74, 6) is -2.54. The molecule has 0 aromatic carbocycles. The Hall–Kier alpha value is -2.82. The number of unbranched alkanes of at least 4 members (excludes halogenated alkanes) is 13. The van der Waals surface area contributed by atoms with Gasteiger partial charge in [-0.05, 0) is 64.2 Å². The SMILES string of the molecule is CCCCCCCC/C=C/C/C=C/C/C=C/CCCC(=O)OCC(COP(=O)(O)OC[C@H](N)C(=O)O)OC(=O)CC/C=C/C/C=C/CCCCCCCC. The van der Waals surface area contributed by atoms with E-state index in [-0.39, 0.29) is 12.8 Å². The monoisotopic (exact) mass is 781 g/mol. The topological polar surface area (TPSA) is 172 Å². The van der Waals surface area contributed by atoms with Crippen molar-refractivity contribution in [1.29, 1.82) is 0 Å². The summed E-state index contributed by atoms with van der Waals surface area (Å²) < 4.78 is 32.5. The van der Waals surface area contributed by atoms with Crippen molar-refractivity contribution in [2.24, 2.45) is 5.73 Å². The van der Waals surface area contributed by atoms with Crippen LogP contribution in [0.2, 0.25) is 0 Å². The smallest absolute Gasteiger partial charge is 0.472 e. The molecule has 0 amide bonds. The van der Waals surface area contributed by atoms with Crippen LogP contribution in [-0.2, 0) is 37.5 Å². The van der Waals surface area contributed by atoms with Gasteiger partial charge in [-0.1, -0.05) is 139 Å². The number of phosphoric ester groups is 1. The number of carboxylic acid groups (broad SMARTS) is 1. The number of carbonyl (C=O) groups excluding carboxylic acids is 2. The molecule has 54 heavy (non-hydrogen) atoms. The Morgan fingerprint density at radius 2 is 1.02 bits per heavy atom. The Kier molecular flexibility index (Phi) is 35.2. The Morgan fingerprint density at radius 1 is 0.574 bits per heavy atom. The van der Waals surface area contributed by atoms with Crippen molar-refractivity contribution < 1.29 is 47.5 Å². The number of ether oxygens (including phenoxy) is 2. The van der Waals surface area contributed by atoms with Crippen molar-refractivity contribution in [3.8, 4) is 0 Å². The maximum absolute atomic E-state index is 12.5. The molecule has 4 N–H and O–H groups in total. The van der Waals surface area contributed by atoms with Gasteiger partial charge >= 0.3 is 25.7 Å². The molecule has 0 radical (unpaired) electrons. The molecule has 0 saturated carbocycles. The highest BCUT2D eigenvalue weighted by atomic mass is 31.2. The number of esters is 2. The van der Waals surface area contributed by atoms with E-state index in [1.807, 2.05) is 18.2 Å². The minimum Gasteiger partial charge on any atom is -0.480 e. The average molecular weight is 782 g/mol. The molecule has 11 nitrogen and oxygen atoms in total. The summed E-state index contributed by atoms with van der Waals surface area (Å²) >= 11 is 0. The lowest BCUT2D eigenvalue weighted by Crippen LogP contribution is -2.34. The molecule has 310 valence electrons. The number of phosphoric acid groups is 1. The number of hydrogen-bond donors (Lipinski definition) is 3. The number of aliphatic carboxylic acids is 1. The third kappa shape index (κ3) is 36.2. The second-order valence-electron chi connectivity index (χ2n) is 13.4. The van der Waals surface area contributed by atoms with Crippen LogP contribution in [0.25, 0.3) is 0 Å². The van der Waals surface area contributed by atoms with Crippen LogP contribution >= 0.6 is 7.82 Å². The number of nitrogens with two attached hydrogens (primary N) is 1. The van der Waals surface area contributed by atoms with Gasteiger partial charge in [0.25, 0.3) is 0 Å². The molecule has 0 heterocycles. The fourth-order valence-corrected chi connectivity index (χ4v) is 5.79. The fraction of sp³-hybridized carbons (Fsp3) is 0.690. The van der Waals surface area contributed by atoms with Gasteiger partial charge in [-0.15, -0.1) is 0 Å². The van der Waals surface area contributed by atoms with Crippen molar-refractivity contribution in [2.75, 3.05) is 19.8 Å². The zero-order chi connectivity index (χ0) is 40.0. The van der Waals surface area contributed by atoms with Gasteiger partial charge in [0.2, 0.25) is 0 Å². The van der Waals surface area contributed by atoms with Crippen molar-refractivity contribution in [2.45, 2.75) is 167 Å². The van der Waals surface area contributed by atoms with Crippen LogP contribution in [-0.4, -0.2) is 59.9 Å². The number of allylic oxidation sites excluding steroid dienone is 10. The summed E-state index contributed by atoms with van der Waals surface area (Å²) in [4.78, 5) is 45.7. The number of rotatable bonds is 37. The molecular formula is C42H72NO10P. The molecule has 0 spiro atoms. The number of carboxylic acids is 1. The van der Waals surface area contributed by atoms with E-state index in [1.165, 1.54) is 77.0 Å². The highest BCUT2D eigenvalue weighted by molar-refractivity contribution is 7.47. The van der Waals surface area contributed by atoms with Crippen LogP contribution in [0.3, 0.4) is 0 Å². The van der Waals surface area contributed by atoms with Crippen LogP contribution in [0.1, 0.15) is 155 Å². The molecule has 0 fully saturated rings. The highest BCUT2D eigenvalue weighted by Crippen LogP contribution is 2.43. The first-order chi connectivity index (χ1) is 26.1. The summed E-state index contributed by atoms with van der Waals surface area (Å²) in [6.07, 6.45) is 41.7. The van der Waals surface area contributed by atoms with E-state index in [0.29, 0.717) is 19.3 Å². The predicted molar refractivity (Wildman–Crippen MR) is 217 cm³/mol. The van der Waals surface area contributed by atoms with Gasteiger partial charge in [-0.3, -0.25) is 23.4 Å². The van der Waals surface area contributed by atoms with Gasteiger partial charge in [0.15, 0.2) is 6.10 Å². The molecule has 0 aliphatic rings. The summed E-state index contributed by atoms with van der Waals surface area (Å²) in [6, 6.07) is -1.54. The van der Waals surface area contributed by atoms with E-state index in [2.05, 4.69) is 60.9 Å². The van der Waals surface area contributed by atoms with Crippen LogP contribution in [0.4, 0.5) is 0 Å². The Balaban J connectivity index is 4.57. The van der Waals surface area contributed by atoms with Crippen molar-refractivity contribution >= 4 is 25.7 Å². The molecule has 0 aliphatic carbocycles. The third-order valence-electron chi connectivity index (χ3n) is 8.25. The molecule has 0 rings (SSSR count). The number of hydrogen-bond acceptors (Lipinski definition) is 9. The highest BCUT2D eigenvalue weighted by Gasteiger charge is 2.28. The zero-order valence-corrected chi connectivity index (χ0v) is 34.2. The Morgan fingerprint density at radius 3 is 1.54 bits per heavy atom. The van der Waals surface area contributed by atoms with Gasteiger partial charge in [0, 0.05) is 12.8 Å². The van der Waals surface area contributed by atoms with Gasteiger partial charge in [-0.25, -0.2) is 4.57 Å². The Labute approximate surface area is 326 Å². The van der Waals surface area contributed by atoms with Gasteiger partial charge in [-0.2, -0.15) is 0 Å². The predicted octanol–water partition coefficient (Wildman–Crippen LogP) is 10.4. The molecule has 0 aromatic heterocycles. The second-order valence-corrected chi connectivity index (χ2v) is 14.9. The van der Waals surface area contributed by atoms with E-state index in [9.17, 15) is 23.8 Å². The zero-order valence-electron chi connectivity index (χ0n) is 33.3. The van der Waals surface area contributed by atoms with Crippen LogP contribution in [0.5, 0.6) is 0 Å². The average Bonchev–Trinajstić information content (AvgIpc) is 3.14. The van der Waals surface area contributed by atoms with E-state index in [4.69, 9.17) is 24.8 Å². The summed E-state index contributed by atoms with van der Waals surface area (Å²) in [5.41, 5.74) is 5.31. The standard InChI is InChI=1S/C42H72NO10P/c1-3-5-7-9-11-13-15-17-18-19-20-22-23-25-27-29-31-33-40(44)50-35-38(36-51-54(48,49)52-37-39(43)42(46)47)53-41(45)34-32-30-28-26-24-21-16-14-12-10-8-6-4-2/h17-18,20-22,24-25,27-28,30,38-39H,3-16,19,23,26,29,31-37,43H2,1-2H3,(H,46,47)(H,48,49)/b18-17+,22-20+,24-21+,27-25+,30-28+/t38?,39-/m0/s1. The molecule has 0 saturated heterocycles. The lowest BCUT2D eigenvalue weighted by Gasteiger charge is -2.20. The van der Waals surface area contributed by atoms with Crippen LogP contribution < -0.4 is 5.73 Å². The largest absolute Gasteiger partial charge is 0.480 e. The van der Waals surface area contributed by atoms with Gasteiger partial charge in [0.05, 0.1) is 13.2 Å². The van der Waals surface area contributed by atoms with E-state index in [1.54, 1.807) is 0 Å².